The fourth-order valence-electron chi connectivity index (χ4n) is 2.25. The van der Waals surface area contributed by atoms with Gasteiger partial charge in [0.25, 0.3) is 0 Å². The summed E-state index contributed by atoms with van der Waals surface area (Å²) in [5, 5.41) is 15.5. The van der Waals surface area contributed by atoms with Gasteiger partial charge in [0.15, 0.2) is 17.8 Å². The van der Waals surface area contributed by atoms with Gasteiger partial charge in [0, 0.05) is 22.3 Å². The smallest absolute Gasteiger partial charge is 0.200 e. The minimum atomic E-state index is -0.217. The van der Waals surface area contributed by atoms with Crippen molar-refractivity contribution in [1.29, 1.82) is 5.26 Å². The molecule has 2 aromatic rings. The highest BCUT2D eigenvalue weighted by Crippen LogP contribution is 2.29. The number of hydrogen-bond donors (Lipinski definition) is 1. The van der Waals surface area contributed by atoms with Crippen molar-refractivity contribution >= 4 is 17.3 Å². The molecule has 0 aromatic heterocycles. The number of rotatable bonds is 2. The summed E-state index contributed by atoms with van der Waals surface area (Å²) in [7, 11) is 0. The summed E-state index contributed by atoms with van der Waals surface area (Å²) in [5.74, 6) is -0.399. The Balaban J connectivity index is 2.09. The molecule has 0 radical (unpaired) electrons. The first kappa shape index (κ1) is 12.7. The summed E-state index contributed by atoms with van der Waals surface area (Å²) in [4.78, 5) is 24.8. The quantitative estimate of drug-likeness (QED) is 0.337. The largest absolute Gasteiger partial charge is 0.289 e. The number of fused-ring (bicyclic) bond motifs is 2. The van der Waals surface area contributed by atoms with Gasteiger partial charge in [-0.2, -0.15) is 10.7 Å². The maximum atomic E-state index is 12.4. The molecule has 100 valence electrons. The summed E-state index contributed by atoms with van der Waals surface area (Å²) in [6, 6.07) is 11.3. The molecule has 0 saturated carbocycles. The Morgan fingerprint density at radius 2 is 1.52 bits per heavy atom. The summed E-state index contributed by atoms with van der Waals surface area (Å²) in [6.45, 7) is 0. The SMILES string of the molecule is N#CNN=Nc1ccc2c(c1)C(=O)c1ccccc1C2=O. The Morgan fingerprint density at radius 3 is 2.19 bits per heavy atom. The molecule has 1 aliphatic rings. The number of ketones is 2. The van der Waals surface area contributed by atoms with Gasteiger partial charge in [0.05, 0.1) is 5.69 Å². The zero-order valence-corrected chi connectivity index (χ0v) is 10.7. The summed E-state index contributed by atoms with van der Waals surface area (Å²) in [6.07, 6.45) is 1.60. The van der Waals surface area contributed by atoms with Crippen molar-refractivity contribution in [2.45, 2.75) is 0 Å². The van der Waals surface area contributed by atoms with E-state index in [0.29, 0.717) is 27.9 Å². The molecular formula is C15H8N4O2. The van der Waals surface area contributed by atoms with Crippen LogP contribution in [0.3, 0.4) is 0 Å². The van der Waals surface area contributed by atoms with E-state index >= 15 is 0 Å². The molecule has 1 N–H and O–H groups in total. The Labute approximate surface area is 119 Å². The number of nitrogens with one attached hydrogen (secondary N) is 1. The van der Waals surface area contributed by atoms with Gasteiger partial charge in [-0.3, -0.25) is 9.59 Å². The van der Waals surface area contributed by atoms with Crippen LogP contribution in [0.15, 0.2) is 52.8 Å². The second-order valence-corrected chi connectivity index (χ2v) is 4.36. The third kappa shape index (κ3) is 2.07. The molecule has 1 aliphatic carbocycles. The number of benzene rings is 2. The average molecular weight is 276 g/mol. The lowest BCUT2D eigenvalue weighted by Crippen LogP contribution is -2.20. The lowest BCUT2D eigenvalue weighted by molar-refractivity contribution is 0.0979. The van der Waals surface area contributed by atoms with Gasteiger partial charge in [-0.15, -0.1) is 5.11 Å². The Bertz CT molecular complexity index is 834. The van der Waals surface area contributed by atoms with Crippen molar-refractivity contribution in [3.8, 4) is 6.19 Å². The molecule has 0 fully saturated rings. The second kappa shape index (κ2) is 4.98. The van der Waals surface area contributed by atoms with E-state index < -0.39 is 0 Å². The molecule has 0 heterocycles. The molecule has 6 heteroatoms. The monoisotopic (exact) mass is 276 g/mol. The third-order valence-electron chi connectivity index (χ3n) is 3.17. The number of carbonyl (C=O) groups is 2. The molecule has 0 aliphatic heterocycles. The molecule has 0 atom stereocenters. The van der Waals surface area contributed by atoms with Crippen LogP contribution in [0.1, 0.15) is 31.8 Å². The van der Waals surface area contributed by atoms with E-state index in [1.54, 1.807) is 42.6 Å². The van der Waals surface area contributed by atoms with Crippen molar-refractivity contribution in [3.05, 3.63) is 64.7 Å². The van der Waals surface area contributed by atoms with Gasteiger partial charge in [-0.05, 0) is 18.2 Å². The standard InChI is InChI=1S/C15H8N4O2/c16-8-17-19-18-9-5-6-12-13(7-9)15(21)11-4-2-1-3-10(11)14(12)20/h1-7H,(H,17,18). The molecule has 0 spiro atoms. The summed E-state index contributed by atoms with van der Waals surface area (Å²) < 4.78 is 0. The van der Waals surface area contributed by atoms with E-state index in [9.17, 15) is 9.59 Å². The molecule has 0 saturated heterocycles. The average Bonchev–Trinajstić information content (AvgIpc) is 2.53. The number of hydrogen-bond acceptors (Lipinski definition) is 5. The van der Waals surface area contributed by atoms with Gasteiger partial charge in [-0.25, -0.2) is 0 Å². The van der Waals surface area contributed by atoms with Crippen LogP contribution >= 0.6 is 0 Å². The first-order valence-electron chi connectivity index (χ1n) is 6.09. The van der Waals surface area contributed by atoms with E-state index in [-0.39, 0.29) is 11.6 Å². The van der Waals surface area contributed by atoms with Gasteiger partial charge < -0.3 is 0 Å². The van der Waals surface area contributed by atoms with E-state index in [1.165, 1.54) is 6.07 Å². The fourth-order valence-corrected chi connectivity index (χ4v) is 2.25. The van der Waals surface area contributed by atoms with Gasteiger partial charge in [0.1, 0.15) is 0 Å². The van der Waals surface area contributed by atoms with Crippen LogP contribution in [-0.4, -0.2) is 11.6 Å². The molecule has 0 amide bonds. The molecule has 21 heavy (non-hydrogen) atoms. The summed E-state index contributed by atoms with van der Waals surface area (Å²) >= 11 is 0. The number of nitrogens with zero attached hydrogens (tertiary/aromatic N) is 3. The topological polar surface area (TPSA) is 94.7 Å². The normalized spacial score (nSPS) is 12.7. The highest BCUT2D eigenvalue weighted by molar-refractivity contribution is 6.28. The lowest BCUT2D eigenvalue weighted by Gasteiger charge is -2.17. The van der Waals surface area contributed by atoms with Crippen LogP contribution in [0.25, 0.3) is 0 Å². The van der Waals surface area contributed by atoms with Crippen LogP contribution in [0, 0.1) is 11.5 Å². The maximum absolute atomic E-state index is 12.4. The minimum Gasteiger partial charge on any atom is -0.289 e. The van der Waals surface area contributed by atoms with Crippen molar-refractivity contribution < 1.29 is 9.59 Å². The van der Waals surface area contributed by atoms with Gasteiger partial charge in [0.2, 0.25) is 0 Å². The van der Waals surface area contributed by atoms with Crippen molar-refractivity contribution in [1.82, 2.24) is 5.43 Å². The van der Waals surface area contributed by atoms with Crippen LogP contribution in [-0.2, 0) is 0 Å². The zero-order chi connectivity index (χ0) is 14.8. The number of carbonyl (C=O) groups excluding carboxylic acids is 2. The Morgan fingerprint density at radius 1 is 0.905 bits per heavy atom. The molecule has 6 nitrogen and oxygen atoms in total. The summed E-state index contributed by atoms with van der Waals surface area (Å²) in [5.41, 5.74) is 3.86. The Kier molecular flexibility index (Phi) is 3.01. The molecule has 0 bridgehead atoms. The van der Waals surface area contributed by atoms with E-state index in [1.807, 2.05) is 5.43 Å². The van der Waals surface area contributed by atoms with Crippen molar-refractivity contribution in [2.75, 3.05) is 0 Å². The van der Waals surface area contributed by atoms with Crippen molar-refractivity contribution in [3.63, 3.8) is 0 Å². The molecular weight excluding hydrogens is 268 g/mol. The van der Waals surface area contributed by atoms with Gasteiger partial charge >= 0.3 is 0 Å². The van der Waals surface area contributed by atoms with Crippen LogP contribution < -0.4 is 5.43 Å². The Hall–Kier alpha value is -3.33. The van der Waals surface area contributed by atoms with E-state index in [2.05, 4.69) is 10.3 Å². The third-order valence-corrected chi connectivity index (χ3v) is 3.17. The van der Waals surface area contributed by atoms with Crippen molar-refractivity contribution in [2.24, 2.45) is 10.3 Å². The van der Waals surface area contributed by atoms with E-state index in [4.69, 9.17) is 5.26 Å². The second-order valence-electron chi connectivity index (χ2n) is 4.36. The van der Waals surface area contributed by atoms with Crippen LogP contribution in [0.4, 0.5) is 5.69 Å². The van der Waals surface area contributed by atoms with E-state index in [0.717, 1.165) is 0 Å². The van der Waals surface area contributed by atoms with Crippen LogP contribution in [0.5, 0.6) is 0 Å². The van der Waals surface area contributed by atoms with Gasteiger partial charge in [-0.1, -0.05) is 29.5 Å². The predicted octanol–water partition coefficient (Wildman–Crippen LogP) is 2.53. The number of nitriles is 1. The fraction of sp³-hybridized carbons (Fsp3) is 0. The highest BCUT2D eigenvalue weighted by atomic mass is 16.1. The first-order valence-corrected chi connectivity index (χ1v) is 6.09. The molecule has 0 unspecified atom stereocenters. The predicted molar refractivity (Wildman–Crippen MR) is 73.0 cm³/mol. The first-order chi connectivity index (χ1) is 10.2. The molecule has 3 rings (SSSR count). The zero-order valence-electron chi connectivity index (χ0n) is 10.7. The molecule has 2 aromatic carbocycles. The lowest BCUT2D eigenvalue weighted by atomic mass is 9.84. The maximum Gasteiger partial charge on any atom is 0.200 e. The van der Waals surface area contributed by atoms with Crippen LogP contribution in [0.2, 0.25) is 0 Å². The highest BCUT2D eigenvalue weighted by Gasteiger charge is 2.29. The minimum absolute atomic E-state index is 0.182.